The van der Waals surface area contributed by atoms with Gasteiger partial charge in [-0.05, 0) is 25.7 Å². The molecule has 0 fully saturated rings. The molecule has 0 aliphatic carbocycles. The lowest BCUT2D eigenvalue weighted by Gasteiger charge is -2.24. The fourth-order valence-electron chi connectivity index (χ4n) is 9.14. The monoisotopic (exact) mass is 878 g/mol. The molecule has 6 heteroatoms. The Morgan fingerprint density at radius 1 is 0.403 bits per heavy atom. The van der Waals surface area contributed by atoms with Crippen molar-refractivity contribution in [3.05, 3.63) is 0 Å². The largest absolute Gasteiger partial charge is 0.462 e. The molecule has 0 spiro atoms. The summed E-state index contributed by atoms with van der Waals surface area (Å²) in [5.74, 6) is -0.447. The van der Waals surface area contributed by atoms with E-state index in [1.54, 1.807) is 0 Å². The van der Waals surface area contributed by atoms with Crippen LogP contribution < -0.4 is 5.32 Å². The molecular weight excluding hydrogens is 767 g/mol. The van der Waals surface area contributed by atoms with Gasteiger partial charge in [-0.1, -0.05) is 284 Å². The highest BCUT2D eigenvalue weighted by molar-refractivity contribution is 5.77. The Labute approximate surface area is 387 Å². The summed E-state index contributed by atoms with van der Waals surface area (Å²) in [4.78, 5) is 26.2. The number of esters is 1. The van der Waals surface area contributed by atoms with Crippen LogP contribution in [0, 0.1) is 0 Å². The van der Waals surface area contributed by atoms with Crippen LogP contribution in [0.2, 0.25) is 0 Å². The molecule has 0 saturated heterocycles. The van der Waals surface area contributed by atoms with Crippen LogP contribution in [0.1, 0.15) is 323 Å². The van der Waals surface area contributed by atoms with E-state index < -0.39 is 18.2 Å². The van der Waals surface area contributed by atoms with Crippen LogP contribution in [0.3, 0.4) is 0 Å². The number of ether oxygens (including phenoxy) is 1. The molecule has 3 unspecified atom stereocenters. The van der Waals surface area contributed by atoms with Crippen LogP contribution in [0.25, 0.3) is 0 Å². The standard InChI is InChI=1S/C56H111NO5/c1-4-7-10-13-16-19-22-24-26-27-28-29-30-32-34-37-40-43-46-49-56(61)62-52(47-44-41-38-35-33-31-25-23-20-17-14-11-8-5-2)50-55(60)57-53(51-58)54(59)48-45-42-39-36-21-18-15-12-9-6-3/h52-54,58-59H,4-51H2,1-3H3,(H,57,60). The zero-order chi connectivity index (χ0) is 45.2. The molecule has 0 bridgehead atoms. The minimum absolute atomic E-state index is 0.0881. The van der Waals surface area contributed by atoms with Crippen LogP contribution >= 0.6 is 0 Å². The number of unbranched alkanes of at least 4 members (excludes halogenated alkanes) is 40. The third-order valence-corrected chi connectivity index (χ3v) is 13.4. The molecule has 0 rings (SSSR count). The van der Waals surface area contributed by atoms with Crippen molar-refractivity contribution >= 4 is 11.9 Å². The summed E-state index contributed by atoms with van der Waals surface area (Å²) in [6.07, 6.45) is 56.0. The Hall–Kier alpha value is -1.14. The summed E-state index contributed by atoms with van der Waals surface area (Å²) in [6.45, 7) is 6.52. The first-order chi connectivity index (χ1) is 30.5. The summed E-state index contributed by atoms with van der Waals surface area (Å²) in [7, 11) is 0. The lowest BCUT2D eigenvalue weighted by Crippen LogP contribution is -2.46. The first-order valence-electron chi connectivity index (χ1n) is 28.3. The lowest BCUT2D eigenvalue weighted by molar-refractivity contribution is -0.151. The Kier molecular flexibility index (Phi) is 49.9. The van der Waals surface area contributed by atoms with Crippen molar-refractivity contribution in [3.63, 3.8) is 0 Å². The number of hydrogen-bond donors (Lipinski definition) is 3. The zero-order valence-corrected chi connectivity index (χ0v) is 42.3. The predicted molar refractivity (Wildman–Crippen MR) is 269 cm³/mol. The SMILES string of the molecule is CCCCCCCCCCCCCCCCCCCCCC(=O)OC(CCCCCCCCCCCCCCCC)CC(=O)NC(CO)C(O)CCCCCCCCCCCC. The molecule has 62 heavy (non-hydrogen) atoms. The van der Waals surface area contributed by atoms with Crippen LogP contribution in [-0.4, -0.2) is 46.9 Å². The highest BCUT2D eigenvalue weighted by atomic mass is 16.5. The van der Waals surface area contributed by atoms with E-state index in [4.69, 9.17) is 4.74 Å². The average Bonchev–Trinajstić information content (AvgIpc) is 3.26. The van der Waals surface area contributed by atoms with Crippen molar-refractivity contribution in [1.82, 2.24) is 5.32 Å². The number of aliphatic hydroxyl groups excluding tert-OH is 2. The topological polar surface area (TPSA) is 95.9 Å². The van der Waals surface area contributed by atoms with Gasteiger partial charge in [0.25, 0.3) is 0 Å². The van der Waals surface area contributed by atoms with Crippen LogP contribution in [0.5, 0.6) is 0 Å². The molecule has 0 saturated carbocycles. The maximum atomic E-state index is 13.2. The Bertz CT molecular complexity index is 898. The van der Waals surface area contributed by atoms with Gasteiger partial charge >= 0.3 is 5.97 Å². The lowest BCUT2D eigenvalue weighted by atomic mass is 10.0. The number of carbonyl (C=O) groups is 2. The molecule has 0 aromatic heterocycles. The highest BCUT2D eigenvalue weighted by Crippen LogP contribution is 2.19. The third-order valence-electron chi connectivity index (χ3n) is 13.4. The third kappa shape index (κ3) is 45.4. The molecule has 0 heterocycles. The van der Waals surface area contributed by atoms with E-state index >= 15 is 0 Å². The fraction of sp³-hybridized carbons (Fsp3) is 0.964. The summed E-state index contributed by atoms with van der Waals surface area (Å²) in [6, 6.07) is -0.692. The number of amides is 1. The molecule has 0 radical (unpaired) electrons. The summed E-state index contributed by atoms with van der Waals surface area (Å²) in [5, 5.41) is 23.8. The highest BCUT2D eigenvalue weighted by Gasteiger charge is 2.24. The Morgan fingerprint density at radius 3 is 0.984 bits per heavy atom. The van der Waals surface area contributed by atoms with E-state index in [1.807, 2.05) is 0 Å². The second kappa shape index (κ2) is 50.9. The molecular formula is C56H111NO5. The van der Waals surface area contributed by atoms with Gasteiger partial charge in [0.15, 0.2) is 0 Å². The van der Waals surface area contributed by atoms with Crippen molar-refractivity contribution in [1.29, 1.82) is 0 Å². The van der Waals surface area contributed by atoms with Gasteiger partial charge in [-0.15, -0.1) is 0 Å². The molecule has 3 N–H and O–H groups in total. The van der Waals surface area contributed by atoms with E-state index in [9.17, 15) is 19.8 Å². The van der Waals surface area contributed by atoms with Crippen molar-refractivity contribution in [3.8, 4) is 0 Å². The second-order valence-electron chi connectivity index (χ2n) is 19.7. The average molecular weight is 879 g/mol. The summed E-state index contributed by atoms with van der Waals surface area (Å²) < 4.78 is 5.96. The summed E-state index contributed by atoms with van der Waals surface area (Å²) in [5.41, 5.74) is 0. The molecule has 6 nitrogen and oxygen atoms in total. The fourth-order valence-corrected chi connectivity index (χ4v) is 9.14. The van der Waals surface area contributed by atoms with Gasteiger partial charge in [0, 0.05) is 6.42 Å². The zero-order valence-electron chi connectivity index (χ0n) is 42.3. The van der Waals surface area contributed by atoms with E-state index in [-0.39, 0.29) is 24.9 Å². The van der Waals surface area contributed by atoms with Gasteiger partial charge in [0.2, 0.25) is 5.91 Å². The molecule has 3 atom stereocenters. The van der Waals surface area contributed by atoms with Gasteiger partial charge in [-0.3, -0.25) is 9.59 Å². The number of nitrogens with one attached hydrogen (secondary N) is 1. The van der Waals surface area contributed by atoms with E-state index in [1.165, 1.54) is 238 Å². The van der Waals surface area contributed by atoms with Crippen molar-refractivity contribution in [2.75, 3.05) is 6.61 Å². The molecule has 370 valence electrons. The first-order valence-corrected chi connectivity index (χ1v) is 28.3. The Balaban J connectivity index is 4.44. The van der Waals surface area contributed by atoms with Gasteiger partial charge in [0.1, 0.15) is 6.10 Å². The molecule has 1 amide bonds. The van der Waals surface area contributed by atoms with E-state index in [0.717, 1.165) is 38.5 Å². The quantitative estimate of drug-likeness (QED) is 0.0418. The Morgan fingerprint density at radius 2 is 0.677 bits per heavy atom. The normalized spacial score (nSPS) is 13.0. The van der Waals surface area contributed by atoms with Crippen LogP contribution in [0.15, 0.2) is 0 Å². The number of hydrogen-bond acceptors (Lipinski definition) is 5. The van der Waals surface area contributed by atoms with Crippen LogP contribution in [-0.2, 0) is 14.3 Å². The molecule has 0 aliphatic heterocycles. The molecule has 0 aliphatic rings. The minimum Gasteiger partial charge on any atom is -0.462 e. The first kappa shape index (κ1) is 60.9. The van der Waals surface area contributed by atoms with Gasteiger partial charge in [0.05, 0.1) is 25.2 Å². The van der Waals surface area contributed by atoms with Gasteiger partial charge < -0.3 is 20.3 Å². The number of carbonyl (C=O) groups excluding carboxylic acids is 2. The van der Waals surface area contributed by atoms with Gasteiger partial charge in [-0.25, -0.2) is 0 Å². The van der Waals surface area contributed by atoms with Crippen molar-refractivity contribution < 1.29 is 24.5 Å². The van der Waals surface area contributed by atoms with Crippen molar-refractivity contribution in [2.24, 2.45) is 0 Å². The smallest absolute Gasteiger partial charge is 0.306 e. The van der Waals surface area contributed by atoms with Crippen molar-refractivity contribution in [2.45, 2.75) is 341 Å². The molecule has 0 aromatic rings. The maximum absolute atomic E-state index is 13.2. The summed E-state index contributed by atoms with van der Waals surface area (Å²) >= 11 is 0. The number of aliphatic hydroxyl groups is 2. The minimum atomic E-state index is -0.779. The van der Waals surface area contributed by atoms with Gasteiger partial charge in [-0.2, -0.15) is 0 Å². The van der Waals surface area contributed by atoms with E-state index in [2.05, 4.69) is 26.1 Å². The molecule has 0 aromatic carbocycles. The van der Waals surface area contributed by atoms with Crippen LogP contribution in [0.4, 0.5) is 0 Å². The predicted octanol–water partition coefficient (Wildman–Crippen LogP) is 17.1. The maximum Gasteiger partial charge on any atom is 0.306 e. The van der Waals surface area contributed by atoms with E-state index in [0.29, 0.717) is 19.3 Å². The number of rotatable bonds is 52. The second-order valence-corrected chi connectivity index (χ2v) is 19.7.